The number of methoxy groups -OCH3 is 1. The number of nitrogens with one attached hydrogen (secondary N) is 1. The van der Waals surface area contributed by atoms with Gasteiger partial charge in [-0.05, 0) is 50.3 Å². The molecular weight excluding hydrogens is 316 g/mol. The molecule has 1 aliphatic heterocycles. The number of hydrogen-bond donors (Lipinski definition) is 2. The average molecular weight is 348 g/mol. The Morgan fingerprint density at radius 1 is 1.36 bits per heavy atom. The molecule has 0 radical (unpaired) electrons. The molecule has 1 heterocycles. The van der Waals surface area contributed by atoms with E-state index in [9.17, 15) is 9.90 Å². The molecule has 0 bridgehead atoms. The molecule has 25 heavy (non-hydrogen) atoms. The summed E-state index contributed by atoms with van der Waals surface area (Å²) in [6.07, 6.45) is 3.24. The second kappa shape index (κ2) is 8.19. The third-order valence-corrected chi connectivity index (χ3v) is 5.58. The average Bonchev–Trinajstić information content (AvgIpc) is 2.64. The Hall–Kier alpha value is -1.59. The van der Waals surface area contributed by atoms with E-state index in [1.807, 2.05) is 24.3 Å². The summed E-state index contributed by atoms with van der Waals surface area (Å²) in [5, 5.41) is 14.4. The number of rotatable bonds is 8. The third kappa shape index (κ3) is 4.73. The molecule has 5 nitrogen and oxygen atoms in total. The van der Waals surface area contributed by atoms with Crippen molar-refractivity contribution < 1.29 is 14.6 Å². The van der Waals surface area contributed by atoms with Crippen LogP contribution in [0, 0.1) is 0 Å². The number of β-amino-alcohol motifs (C(OH)–C–C–N with tert-alkyl or cyclic N) is 1. The van der Waals surface area contributed by atoms with Crippen LogP contribution in [0.5, 0.6) is 5.75 Å². The lowest BCUT2D eigenvalue weighted by Gasteiger charge is -2.40. The predicted molar refractivity (Wildman–Crippen MR) is 99.6 cm³/mol. The van der Waals surface area contributed by atoms with E-state index in [0.29, 0.717) is 26.1 Å². The van der Waals surface area contributed by atoms with Gasteiger partial charge in [-0.3, -0.25) is 4.79 Å². The molecule has 2 rings (SSSR count). The van der Waals surface area contributed by atoms with Crippen molar-refractivity contribution in [1.82, 2.24) is 10.2 Å². The monoisotopic (exact) mass is 348 g/mol. The summed E-state index contributed by atoms with van der Waals surface area (Å²) in [6, 6.07) is 7.72. The smallest absolute Gasteiger partial charge is 0.256 e. The zero-order valence-electron chi connectivity index (χ0n) is 16.0. The van der Waals surface area contributed by atoms with Gasteiger partial charge in [0.2, 0.25) is 0 Å². The molecule has 1 aromatic carbocycles. The van der Waals surface area contributed by atoms with Gasteiger partial charge in [0.25, 0.3) is 5.91 Å². The van der Waals surface area contributed by atoms with Crippen molar-refractivity contribution in [2.24, 2.45) is 0 Å². The van der Waals surface area contributed by atoms with Gasteiger partial charge in [-0.2, -0.15) is 0 Å². The van der Waals surface area contributed by atoms with Crippen LogP contribution in [0.4, 0.5) is 0 Å². The Kier molecular flexibility index (Phi) is 6.47. The molecule has 0 aliphatic carbocycles. The summed E-state index contributed by atoms with van der Waals surface area (Å²) in [6.45, 7) is 7.86. The molecule has 1 aliphatic rings. The van der Waals surface area contributed by atoms with Crippen LogP contribution >= 0.6 is 0 Å². The summed E-state index contributed by atoms with van der Waals surface area (Å²) < 4.78 is 5.25. The maximum Gasteiger partial charge on any atom is 0.256 e. The van der Waals surface area contributed by atoms with Crippen LogP contribution in [0.3, 0.4) is 0 Å². The largest absolute Gasteiger partial charge is 0.497 e. The highest BCUT2D eigenvalue weighted by Gasteiger charge is 2.42. The lowest BCUT2D eigenvalue weighted by atomic mass is 9.88. The zero-order valence-corrected chi connectivity index (χ0v) is 16.0. The van der Waals surface area contributed by atoms with Gasteiger partial charge in [-0.25, -0.2) is 0 Å². The summed E-state index contributed by atoms with van der Waals surface area (Å²) in [4.78, 5) is 14.7. The standard InChI is InChI=1S/C20H32N2O3/c1-5-19(3,6-2)21-15-20(24)11-8-12-22(18(20)23)14-16-9-7-10-17(13-16)25-4/h7,9-10,13,21,24H,5-6,8,11-12,14-15H2,1-4H3/t20-/m0/s1. The first kappa shape index (κ1) is 19.7. The maximum absolute atomic E-state index is 12.9. The van der Waals surface area contributed by atoms with E-state index in [-0.39, 0.29) is 11.4 Å². The van der Waals surface area contributed by atoms with E-state index in [1.54, 1.807) is 12.0 Å². The highest BCUT2D eigenvalue weighted by molar-refractivity contribution is 5.86. The van der Waals surface area contributed by atoms with E-state index < -0.39 is 5.60 Å². The summed E-state index contributed by atoms with van der Waals surface area (Å²) >= 11 is 0. The number of carbonyl (C=O) groups excluding carboxylic acids is 1. The number of piperidine rings is 1. The molecule has 1 saturated heterocycles. The van der Waals surface area contributed by atoms with E-state index in [2.05, 4.69) is 26.1 Å². The van der Waals surface area contributed by atoms with Crippen LogP contribution in [-0.4, -0.2) is 47.3 Å². The van der Waals surface area contributed by atoms with Gasteiger partial charge in [-0.1, -0.05) is 26.0 Å². The highest BCUT2D eigenvalue weighted by atomic mass is 16.5. The molecule has 1 fully saturated rings. The van der Waals surface area contributed by atoms with Crippen molar-refractivity contribution in [3.8, 4) is 5.75 Å². The van der Waals surface area contributed by atoms with Crippen LogP contribution in [0.1, 0.15) is 52.0 Å². The number of aliphatic hydroxyl groups is 1. The van der Waals surface area contributed by atoms with Gasteiger partial charge >= 0.3 is 0 Å². The summed E-state index contributed by atoms with van der Waals surface area (Å²) in [7, 11) is 1.63. The van der Waals surface area contributed by atoms with Gasteiger partial charge in [-0.15, -0.1) is 0 Å². The van der Waals surface area contributed by atoms with Crippen molar-refractivity contribution in [3.05, 3.63) is 29.8 Å². The highest BCUT2D eigenvalue weighted by Crippen LogP contribution is 2.26. The number of benzene rings is 1. The Bertz CT molecular complexity index is 586. The zero-order chi connectivity index (χ0) is 18.5. The first-order valence-corrected chi connectivity index (χ1v) is 9.25. The first-order valence-electron chi connectivity index (χ1n) is 9.25. The number of ether oxygens (including phenoxy) is 1. The fraction of sp³-hybridized carbons (Fsp3) is 0.650. The van der Waals surface area contributed by atoms with E-state index in [4.69, 9.17) is 4.74 Å². The molecular formula is C20H32N2O3. The fourth-order valence-corrected chi connectivity index (χ4v) is 3.23. The Labute approximate surface area is 151 Å². The van der Waals surface area contributed by atoms with Crippen LogP contribution in [0.25, 0.3) is 0 Å². The molecule has 1 amide bonds. The lowest BCUT2D eigenvalue weighted by molar-refractivity contribution is -0.157. The number of amides is 1. The second-order valence-electron chi connectivity index (χ2n) is 7.33. The molecule has 5 heteroatoms. The van der Waals surface area contributed by atoms with Gasteiger partial charge < -0.3 is 20.1 Å². The first-order chi connectivity index (χ1) is 11.9. The Morgan fingerprint density at radius 3 is 2.72 bits per heavy atom. The molecule has 1 aromatic rings. The molecule has 1 atom stereocenters. The number of carbonyl (C=O) groups is 1. The van der Waals surface area contributed by atoms with E-state index >= 15 is 0 Å². The van der Waals surface area contributed by atoms with Gasteiger partial charge in [0.15, 0.2) is 5.60 Å². The lowest BCUT2D eigenvalue weighted by Crippen LogP contribution is -2.60. The van der Waals surface area contributed by atoms with Crippen molar-refractivity contribution in [3.63, 3.8) is 0 Å². The number of likely N-dealkylation sites (tertiary alicyclic amines) is 1. The predicted octanol–water partition coefficient (Wildman–Crippen LogP) is 2.72. The second-order valence-corrected chi connectivity index (χ2v) is 7.33. The minimum Gasteiger partial charge on any atom is -0.497 e. The molecule has 0 saturated carbocycles. The van der Waals surface area contributed by atoms with Crippen LogP contribution in [0.15, 0.2) is 24.3 Å². The molecule has 0 spiro atoms. The van der Waals surface area contributed by atoms with Crippen molar-refractivity contribution >= 4 is 5.91 Å². The van der Waals surface area contributed by atoms with Crippen molar-refractivity contribution in [1.29, 1.82) is 0 Å². The van der Waals surface area contributed by atoms with Crippen molar-refractivity contribution in [2.75, 3.05) is 20.2 Å². The molecule has 2 N–H and O–H groups in total. The topological polar surface area (TPSA) is 61.8 Å². The minimum absolute atomic E-state index is 0.0505. The Morgan fingerprint density at radius 2 is 2.08 bits per heavy atom. The summed E-state index contributed by atoms with van der Waals surface area (Å²) in [5.74, 6) is 0.601. The van der Waals surface area contributed by atoms with E-state index in [0.717, 1.165) is 30.6 Å². The van der Waals surface area contributed by atoms with Gasteiger partial charge in [0.05, 0.1) is 7.11 Å². The maximum atomic E-state index is 12.9. The van der Waals surface area contributed by atoms with E-state index in [1.165, 1.54) is 0 Å². The number of hydrogen-bond acceptors (Lipinski definition) is 4. The van der Waals surface area contributed by atoms with Crippen LogP contribution < -0.4 is 10.1 Å². The van der Waals surface area contributed by atoms with Crippen LogP contribution in [-0.2, 0) is 11.3 Å². The van der Waals surface area contributed by atoms with Crippen LogP contribution in [0.2, 0.25) is 0 Å². The molecule has 0 unspecified atom stereocenters. The van der Waals surface area contributed by atoms with Gasteiger partial charge in [0, 0.05) is 25.2 Å². The Balaban J connectivity index is 2.06. The van der Waals surface area contributed by atoms with Gasteiger partial charge in [0.1, 0.15) is 5.75 Å². The molecule has 140 valence electrons. The molecule has 0 aromatic heterocycles. The van der Waals surface area contributed by atoms with Crippen molar-refractivity contribution in [2.45, 2.75) is 64.1 Å². The SMILES string of the molecule is CCC(C)(CC)NC[C@@]1(O)CCCN(Cc2cccc(OC)c2)C1=O. The third-order valence-electron chi connectivity index (χ3n) is 5.58. The normalized spacial score (nSPS) is 21.5. The fourth-order valence-electron chi connectivity index (χ4n) is 3.23. The summed E-state index contributed by atoms with van der Waals surface area (Å²) in [5.41, 5.74) is -0.356. The minimum atomic E-state index is -1.32. The number of nitrogens with zero attached hydrogens (tertiary/aromatic N) is 1. The quantitative estimate of drug-likeness (QED) is 0.758.